The van der Waals surface area contributed by atoms with E-state index in [4.69, 9.17) is 4.74 Å². The van der Waals surface area contributed by atoms with Crippen molar-refractivity contribution in [2.24, 2.45) is 0 Å². The summed E-state index contributed by atoms with van der Waals surface area (Å²) < 4.78 is 5.39. The first-order valence-electron chi connectivity index (χ1n) is 8.87. The molecule has 3 rings (SSSR count). The Morgan fingerprint density at radius 1 is 1.15 bits per heavy atom. The Hall–Kier alpha value is -3.08. The highest BCUT2D eigenvalue weighted by molar-refractivity contribution is 6.03. The smallest absolute Gasteiger partial charge is 0.264 e. The standard InChI is InChI=1S/C22H24N2O3/c1-22(2,3)16-8-5-15(6-9-16)7-12-20(25)23-17-10-11-19-18(13-17)24(4)21(26)14-27-19/h5-13H,14H2,1-4H3,(H,23,25)/b12-7+. The summed E-state index contributed by atoms with van der Waals surface area (Å²) in [5, 5.41) is 2.81. The third-order valence-electron chi connectivity index (χ3n) is 4.52. The zero-order valence-corrected chi connectivity index (χ0v) is 16.1. The molecule has 0 radical (unpaired) electrons. The van der Waals surface area contributed by atoms with E-state index >= 15 is 0 Å². The van der Waals surface area contributed by atoms with Crippen LogP contribution in [0.4, 0.5) is 11.4 Å². The van der Waals surface area contributed by atoms with E-state index in [1.54, 1.807) is 31.3 Å². The lowest BCUT2D eigenvalue weighted by molar-refractivity contribution is -0.121. The number of amides is 2. The molecule has 1 aliphatic heterocycles. The molecule has 2 amide bonds. The molecular weight excluding hydrogens is 340 g/mol. The molecule has 5 nitrogen and oxygen atoms in total. The van der Waals surface area contributed by atoms with Crippen molar-refractivity contribution < 1.29 is 14.3 Å². The molecule has 27 heavy (non-hydrogen) atoms. The van der Waals surface area contributed by atoms with Crippen molar-refractivity contribution in [3.63, 3.8) is 0 Å². The minimum absolute atomic E-state index is 0.0337. The summed E-state index contributed by atoms with van der Waals surface area (Å²) in [5.41, 5.74) is 3.56. The second kappa shape index (κ2) is 7.27. The van der Waals surface area contributed by atoms with Crippen LogP contribution >= 0.6 is 0 Å². The summed E-state index contributed by atoms with van der Waals surface area (Å²) >= 11 is 0. The van der Waals surface area contributed by atoms with Gasteiger partial charge in [0.2, 0.25) is 5.91 Å². The zero-order chi connectivity index (χ0) is 19.6. The third kappa shape index (κ3) is 4.37. The average Bonchev–Trinajstić information content (AvgIpc) is 2.63. The lowest BCUT2D eigenvalue weighted by atomic mass is 9.87. The highest BCUT2D eigenvalue weighted by Crippen LogP contribution is 2.33. The largest absolute Gasteiger partial charge is 0.482 e. The van der Waals surface area contributed by atoms with E-state index in [1.165, 1.54) is 16.5 Å². The summed E-state index contributed by atoms with van der Waals surface area (Å²) in [6.07, 6.45) is 3.27. The van der Waals surface area contributed by atoms with Crippen LogP contribution in [-0.2, 0) is 15.0 Å². The molecule has 0 unspecified atom stereocenters. The van der Waals surface area contributed by atoms with Gasteiger partial charge in [-0.05, 0) is 40.8 Å². The lowest BCUT2D eigenvalue weighted by Gasteiger charge is -2.26. The summed E-state index contributed by atoms with van der Waals surface area (Å²) in [4.78, 5) is 25.5. The van der Waals surface area contributed by atoms with Crippen LogP contribution in [0.3, 0.4) is 0 Å². The maximum atomic E-state index is 12.2. The highest BCUT2D eigenvalue weighted by atomic mass is 16.5. The van der Waals surface area contributed by atoms with Gasteiger partial charge in [0.1, 0.15) is 5.75 Å². The number of carbonyl (C=O) groups is 2. The number of ether oxygens (including phenoxy) is 1. The normalized spacial score (nSPS) is 14.1. The molecule has 0 saturated heterocycles. The van der Waals surface area contributed by atoms with Gasteiger partial charge in [0, 0.05) is 18.8 Å². The molecule has 2 aromatic rings. The fourth-order valence-electron chi connectivity index (χ4n) is 2.80. The fraction of sp³-hybridized carbons (Fsp3) is 0.273. The number of anilines is 2. The van der Waals surface area contributed by atoms with E-state index in [0.717, 1.165) is 5.56 Å². The predicted molar refractivity (Wildman–Crippen MR) is 108 cm³/mol. The third-order valence-corrected chi connectivity index (χ3v) is 4.52. The maximum absolute atomic E-state index is 12.2. The molecule has 0 spiro atoms. The molecule has 0 atom stereocenters. The van der Waals surface area contributed by atoms with Crippen LogP contribution in [0.1, 0.15) is 31.9 Å². The molecule has 1 heterocycles. The predicted octanol–water partition coefficient (Wildman–Crippen LogP) is 3.99. The van der Waals surface area contributed by atoms with Crippen LogP contribution in [0.25, 0.3) is 6.08 Å². The van der Waals surface area contributed by atoms with Gasteiger partial charge in [0.05, 0.1) is 5.69 Å². The van der Waals surface area contributed by atoms with Crippen LogP contribution in [0, 0.1) is 0 Å². The number of fused-ring (bicyclic) bond motifs is 1. The van der Waals surface area contributed by atoms with Gasteiger partial charge in [-0.15, -0.1) is 0 Å². The minimum Gasteiger partial charge on any atom is -0.482 e. The molecule has 0 bridgehead atoms. The van der Waals surface area contributed by atoms with Gasteiger partial charge in [-0.3, -0.25) is 9.59 Å². The van der Waals surface area contributed by atoms with E-state index in [2.05, 4.69) is 38.2 Å². The topological polar surface area (TPSA) is 58.6 Å². The number of carbonyl (C=O) groups excluding carboxylic acids is 2. The Bertz CT molecular complexity index is 893. The number of likely N-dealkylation sites (N-methyl/N-ethyl adjacent to an activating group) is 1. The first-order chi connectivity index (χ1) is 12.7. The Morgan fingerprint density at radius 2 is 1.85 bits per heavy atom. The highest BCUT2D eigenvalue weighted by Gasteiger charge is 2.22. The van der Waals surface area contributed by atoms with Crippen molar-refractivity contribution in [3.05, 3.63) is 59.7 Å². The maximum Gasteiger partial charge on any atom is 0.264 e. The summed E-state index contributed by atoms with van der Waals surface area (Å²) in [7, 11) is 1.69. The van der Waals surface area contributed by atoms with Crippen LogP contribution in [0.5, 0.6) is 5.75 Å². The van der Waals surface area contributed by atoms with Crippen molar-refractivity contribution in [1.82, 2.24) is 0 Å². The Kier molecular flexibility index (Phi) is 5.04. The number of nitrogens with one attached hydrogen (secondary N) is 1. The molecule has 0 aromatic heterocycles. The molecule has 0 fully saturated rings. The van der Waals surface area contributed by atoms with Crippen LogP contribution in [0.15, 0.2) is 48.5 Å². The van der Waals surface area contributed by atoms with Gasteiger partial charge in [-0.2, -0.15) is 0 Å². The second-order valence-electron chi connectivity index (χ2n) is 7.62. The number of hydrogen-bond donors (Lipinski definition) is 1. The fourth-order valence-corrected chi connectivity index (χ4v) is 2.80. The Morgan fingerprint density at radius 3 is 2.52 bits per heavy atom. The Labute approximate surface area is 159 Å². The van der Waals surface area contributed by atoms with Gasteiger partial charge >= 0.3 is 0 Å². The van der Waals surface area contributed by atoms with Crippen molar-refractivity contribution in [2.75, 3.05) is 23.9 Å². The van der Waals surface area contributed by atoms with Crippen molar-refractivity contribution in [2.45, 2.75) is 26.2 Å². The SMILES string of the molecule is CN1C(=O)COc2ccc(NC(=O)/C=C/c3ccc(C(C)(C)C)cc3)cc21. The molecule has 1 N–H and O–H groups in total. The van der Waals surface area contributed by atoms with Crippen LogP contribution in [-0.4, -0.2) is 25.5 Å². The van der Waals surface area contributed by atoms with Crippen molar-refractivity contribution >= 4 is 29.3 Å². The zero-order valence-electron chi connectivity index (χ0n) is 16.1. The number of nitrogens with zero attached hydrogens (tertiary/aromatic N) is 1. The summed E-state index contributed by atoms with van der Waals surface area (Å²) in [6, 6.07) is 13.4. The number of hydrogen-bond acceptors (Lipinski definition) is 3. The minimum atomic E-state index is -0.236. The monoisotopic (exact) mass is 364 g/mol. The lowest BCUT2D eigenvalue weighted by Crippen LogP contribution is -2.35. The molecule has 0 aliphatic carbocycles. The van der Waals surface area contributed by atoms with Gasteiger partial charge < -0.3 is 15.0 Å². The van der Waals surface area contributed by atoms with Crippen molar-refractivity contribution in [1.29, 1.82) is 0 Å². The van der Waals surface area contributed by atoms with E-state index in [0.29, 0.717) is 17.1 Å². The van der Waals surface area contributed by atoms with E-state index < -0.39 is 0 Å². The van der Waals surface area contributed by atoms with Gasteiger partial charge in [-0.25, -0.2) is 0 Å². The molecular formula is C22H24N2O3. The average molecular weight is 364 g/mol. The van der Waals surface area contributed by atoms with E-state index in [-0.39, 0.29) is 23.8 Å². The number of rotatable bonds is 3. The van der Waals surface area contributed by atoms with Crippen LogP contribution in [0.2, 0.25) is 0 Å². The quantitative estimate of drug-likeness (QED) is 0.838. The Balaban J connectivity index is 1.67. The van der Waals surface area contributed by atoms with Crippen LogP contribution < -0.4 is 15.0 Å². The molecule has 0 saturated carbocycles. The van der Waals surface area contributed by atoms with Crippen molar-refractivity contribution in [3.8, 4) is 5.75 Å². The van der Waals surface area contributed by atoms with Gasteiger partial charge in [0.15, 0.2) is 6.61 Å². The molecule has 1 aliphatic rings. The first-order valence-corrected chi connectivity index (χ1v) is 8.87. The van der Waals surface area contributed by atoms with E-state index in [9.17, 15) is 9.59 Å². The van der Waals surface area contributed by atoms with Gasteiger partial charge in [-0.1, -0.05) is 45.0 Å². The molecule has 5 heteroatoms. The van der Waals surface area contributed by atoms with Gasteiger partial charge in [0.25, 0.3) is 5.91 Å². The molecule has 140 valence electrons. The second-order valence-corrected chi connectivity index (χ2v) is 7.62. The number of benzene rings is 2. The first kappa shape index (κ1) is 18.7. The van der Waals surface area contributed by atoms with E-state index in [1.807, 2.05) is 12.1 Å². The summed E-state index contributed by atoms with van der Waals surface area (Å²) in [5.74, 6) is 0.273. The summed E-state index contributed by atoms with van der Waals surface area (Å²) in [6.45, 7) is 6.53. The molecule has 2 aromatic carbocycles.